The van der Waals surface area contributed by atoms with E-state index >= 15 is 0 Å². The molecule has 160 valence electrons. The van der Waals surface area contributed by atoms with Crippen LogP contribution in [0.3, 0.4) is 0 Å². The molecule has 0 aromatic carbocycles. The molecule has 0 radical (unpaired) electrons. The lowest BCUT2D eigenvalue weighted by Gasteiger charge is -2.44. The van der Waals surface area contributed by atoms with E-state index in [1.807, 2.05) is 6.08 Å². The van der Waals surface area contributed by atoms with Gasteiger partial charge in [-0.2, -0.15) is 0 Å². The zero-order valence-electron chi connectivity index (χ0n) is 16.2. The smallest absolute Gasteiger partial charge is 0.355 e. The van der Waals surface area contributed by atoms with Gasteiger partial charge in [-0.1, -0.05) is 18.6 Å². The van der Waals surface area contributed by atoms with E-state index in [1.165, 1.54) is 11.3 Å². The molecule has 2 heterocycles. The SMILES string of the molecule is O=C(O)c1csc([C@H]2CC[C@@H]3[C@@H](/C=C/C[C@H](O)C4(CCl)CCC4)[C@H](O)C[C@@H]3O2)n1. The molecule has 1 aromatic rings. The summed E-state index contributed by atoms with van der Waals surface area (Å²) in [6.07, 6.45) is 8.80. The Balaban J connectivity index is 1.35. The topological polar surface area (TPSA) is 99.9 Å². The third kappa shape index (κ3) is 4.12. The molecule has 0 amide bonds. The summed E-state index contributed by atoms with van der Waals surface area (Å²) >= 11 is 7.40. The van der Waals surface area contributed by atoms with Gasteiger partial charge in [0.15, 0.2) is 5.69 Å². The van der Waals surface area contributed by atoms with Crippen LogP contribution in [0.2, 0.25) is 0 Å². The van der Waals surface area contributed by atoms with Crippen LogP contribution in [0.4, 0.5) is 0 Å². The second kappa shape index (κ2) is 8.63. The predicted molar refractivity (Wildman–Crippen MR) is 110 cm³/mol. The molecule has 4 rings (SSSR count). The lowest BCUT2D eigenvalue weighted by Crippen LogP contribution is -2.42. The van der Waals surface area contributed by atoms with Gasteiger partial charge in [0.2, 0.25) is 0 Å². The fourth-order valence-corrected chi connectivity index (χ4v) is 6.36. The number of carboxylic acid groups (broad SMARTS) is 1. The molecule has 2 aliphatic carbocycles. The zero-order chi connectivity index (χ0) is 20.6. The number of aliphatic hydroxyl groups is 2. The van der Waals surface area contributed by atoms with E-state index in [-0.39, 0.29) is 35.2 Å². The van der Waals surface area contributed by atoms with E-state index < -0.39 is 18.2 Å². The lowest BCUT2D eigenvalue weighted by atomic mass is 9.65. The Morgan fingerprint density at radius 1 is 1.45 bits per heavy atom. The molecule has 2 saturated carbocycles. The second-order valence-corrected chi connectivity index (χ2v) is 9.85. The minimum Gasteiger partial charge on any atom is -0.476 e. The molecule has 3 N–H and O–H groups in total. The molecule has 1 aliphatic heterocycles. The molecule has 6 atom stereocenters. The molecular formula is C21H28ClNO5S. The fourth-order valence-electron chi connectivity index (χ4n) is 5.05. The average molecular weight is 442 g/mol. The Hall–Kier alpha value is -0.990. The Bertz CT molecular complexity index is 758. The van der Waals surface area contributed by atoms with E-state index in [4.69, 9.17) is 21.4 Å². The van der Waals surface area contributed by atoms with Crippen LogP contribution in [-0.4, -0.2) is 50.5 Å². The maximum Gasteiger partial charge on any atom is 0.355 e. The highest BCUT2D eigenvalue weighted by Crippen LogP contribution is 2.48. The van der Waals surface area contributed by atoms with E-state index in [9.17, 15) is 15.0 Å². The average Bonchev–Trinajstić information content (AvgIpc) is 3.26. The van der Waals surface area contributed by atoms with Crippen molar-refractivity contribution in [3.05, 3.63) is 28.2 Å². The van der Waals surface area contributed by atoms with E-state index in [0.717, 1.165) is 32.1 Å². The van der Waals surface area contributed by atoms with Crippen LogP contribution in [-0.2, 0) is 4.74 Å². The third-order valence-electron chi connectivity index (χ3n) is 7.05. The number of rotatable bonds is 7. The molecule has 8 heteroatoms. The molecule has 0 bridgehead atoms. The second-order valence-electron chi connectivity index (χ2n) is 8.69. The molecule has 6 nitrogen and oxygen atoms in total. The maximum atomic E-state index is 11.1. The monoisotopic (exact) mass is 441 g/mol. The van der Waals surface area contributed by atoms with Crippen LogP contribution < -0.4 is 0 Å². The summed E-state index contributed by atoms with van der Waals surface area (Å²) in [5.74, 6) is -0.275. The molecule has 0 spiro atoms. The summed E-state index contributed by atoms with van der Waals surface area (Å²) in [7, 11) is 0. The van der Waals surface area contributed by atoms with Gasteiger partial charge in [0.1, 0.15) is 11.1 Å². The van der Waals surface area contributed by atoms with Crippen molar-refractivity contribution in [2.75, 3.05) is 5.88 Å². The van der Waals surface area contributed by atoms with Gasteiger partial charge in [0.25, 0.3) is 0 Å². The number of aromatic carboxylic acids is 1. The van der Waals surface area contributed by atoms with Gasteiger partial charge in [-0.15, -0.1) is 22.9 Å². The third-order valence-corrected chi connectivity index (χ3v) is 8.52. The molecule has 1 aromatic heterocycles. The first-order valence-corrected chi connectivity index (χ1v) is 11.8. The van der Waals surface area contributed by atoms with Crippen molar-refractivity contribution in [3.63, 3.8) is 0 Å². The standard InChI is InChI=1S/C21H28ClNO5S/c22-11-21(7-2-8-21)18(25)4-1-3-12-13-5-6-16(28-17(13)9-15(12)24)19-23-14(10-29-19)20(26)27/h1,3,10,12-13,15-18,24-25H,2,4-9,11H2,(H,26,27)/b3-1+/t12-,13-,15-,16-,17+,18+/m1/s1. The number of thiazole rings is 1. The number of nitrogens with zero attached hydrogens (tertiary/aromatic N) is 1. The minimum atomic E-state index is -1.03. The van der Waals surface area contributed by atoms with Gasteiger partial charge >= 0.3 is 5.97 Å². The summed E-state index contributed by atoms with van der Waals surface area (Å²) in [5.41, 5.74) is -0.0745. The number of ether oxygens (including phenoxy) is 1. The molecule has 3 aliphatic rings. The normalized spacial score (nSPS) is 34.7. The Morgan fingerprint density at radius 3 is 2.86 bits per heavy atom. The zero-order valence-corrected chi connectivity index (χ0v) is 17.8. The summed E-state index contributed by atoms with van der Waals surface area (Å²) in [4.78, 5) is 15.2. The largest absolute Gasteiger partial charge is 0.476 e. The Kier molecular flexibility index (Phi) is 6.33. The number of carbonyl (C=O) groups is 1. The van der Waals surface area contributed by atoms with Gasteiger partial charge in [-0.05, 0) is 38.0 Å². The number of aliphatic hydroxyl groups excluding tert-OH is 2. The van der Waals surface area contributed by atoms with E-state index in [0.29, 0.717) is 23.7 Å². The van der Waals surface area contributed by atoms with Gasteiger partial charge in [-0.25, -0.2) is 9.78 Å². The number of hydrogen-bond acceptors (Lipinski definition) is 6. The highest BCUT2D eigenvalue weighted by atomic mass is 35.5. The first kappa shape index (κ1) is 21.2. The van der Waals surface area contributed by atoms with Crippen molar-refractivity contribution < 1.29 is 24.9 Å². The van der Waals surface area contributed by atoms with Crippen LogP contribution in [0.5, 0.6) is 0 Å². The number of halogens is 1. The van der Waals surface area contributed by atoms with Crippen molar-refractivity contribution in [2.24, 2.45) is 17.3 Å². The number of alkyl halides is 1. The Morgan fingerprint density at radius 2 is 2.24 bits per heavy atom. The molecular weight excluding hydrogens is 414 g/mol. The van der Waals surface area contributed by atoms with Crippen LogP contribution in [0, 0.1) is 17.3 Å². The predicted octanol–water partition coefficient (Wildman–Crippen LogP) is 3.77. The highest BCUT2D eigenvalue weighted by molar-refractivity contribution is 7.09. The highest BCUT2D eigenvalue weighted by Gasteiger charge is 2.46. The summed E-state index contributed by atoms with van der Waals surface area (Å²) in [5, 5.41) is 32.4. The molecule has 29 heavy (non-hydrogen) atoms. The van der Waals surface area contributed by atoms with Crippen LogP contribution >= 0.6 is 22.9 Å². The van der Waals surface area contributed by atoms with Gasteiger partial charge in [0.05, 0.1) is 18.3 Å². The Labute approximate surface area is 179 Å². The number of aromatic nitrogens is 1. The van der Waals surface area contributed by atoms with Crippen molar-refractivity contribution in [2.45, 2.75) is 69.4 Å². The van der Waals surface area contributed by atoms with E-state index in [1.54, 1.807) is 5.38 Å². The summed E-state index contributed by atoms with van der Waals surface area (Å²) in [6.45, 7) is 0. The van der Waals surface area contributed by atoms with E-state index in [2.05, 4.69) is 11.1 Å². The van der Waals surface area contributed by atoms with Crippen molar-refractivity contribution in [1.82, 2.24) is 4.98 Å². The van der Waals surface area contributed by atoms with Crippen molar-refractivity contribution in [3.8, 4) is 0 Å². The van der Waals surface area contributed by atoms with Crippen LogP contribution in [0.1, 0.15) is 66.5 Å². The van der Waals surface area contributed by atoms with Gasteiger partial charge in [-0.3, -0.25) is 0 Å². The minimum absolute atomic E-state index is 0.0207. The van der Waals surface area contributed by atoms with Gasteiger partial charge in [0, 0.05) is 29.0 Å². The number of fused-ring (bicyclic) bond motifs is 1. The molecule has 3 fully saturated rings. The fraction of sp³-hybridized carbons (Fsp3) is 0.714. The number of hydrogen-bond donors (Lipinski definition) is 3. The van der Waals surface area contributed by atoms with Crippen molar-refractivity contribution in [1.29, 1.82) is 0 Å². The summed E-state index contributed by atoms with van der Waals surface area (Å²) in [6, 6.07) is 0. The quantitative estimate of drug-likeness (QED) is 0.440. The maximum absolute atomic E-state index is 11.1. The van der Waals surface area contributed by atoms with Gasteiger partial charge < -0.3 is 20.1 Å². The first-order chi connectivity index (χ1) is 13.9. The lowest BCUT2D eigenvalue weighted by molar-refractivity contribution is -0.0767. The van der Waals surface area contributed by atoms with Crippen LogP contribution in [0.25, 0.3) is 0 Å². The molecule has 0 unspecified atom stereocenters. The molecule has 1 saturated heterocycles. The summed E-state index contributed by atoms with van der Waals surface area (Å²) < 4.78 is 6.21. The first-order valence-electron chi connectivity index (χ1n) is 10.4. The number of carboxylic acids is 1. The van der Waals surface area contributed by atoms with Crippen LogP contribution in [0.15, 0.2) is 17.5 Å². The van der Waals surface area contributed by atoms with Crippen molar-refractivity contribution >= 4 is 28.9 Å².